The van der Waals surface area contributed by atoms with Gasteiger partial charge in [0.25, 0.3) is 5.91 Å². The van der Waals surface area contributed by atoms with Gasteiger partial charge in [-0.05, 0) is 37.6 Å². The number of benzene rings is 1. The molecule has 0 saturated carbocycles. The highest BCUT2D eigenvalue weighted by Crippen LogP contribution is 2.24. The van der Waals surface area contributed by atoms with E-state index in [1.54, 1.807) is 25.1 Å². The molecule has 2 N–H and O–H groups in total. The molecule has 2 aromatic heterocycles. The summed E-state index contributed by atoms with van der Waals surface area (Å²) in [6.07, 6.45) is 2.12. The Bertz CT molecular complexity index is 1010. The van der Waals surface area contributed by atoms with E-state index in [1.807, 2.05) is 0 Å². The van der Waals surface area contributed by atoms with Gasteiger partial charge in [0.2, 0.25) is 0 Å². The number of carbonyl (C=O) groups excluding carboxylic acids is 1. The fourth-order valence-corrected chi connectivity index (χ4v) is 2.56. The summed E-state index contributed by atoms with van der Waals surface area (Å²) in [6, 6.07) is 4.87. The predicted octanol–water partition coefficient (Wildman–Crippen LogP) is 4.32. The molecule has 0 radical (unpaired) electrons. The monoisotopic (exact) mass is 362 g/mol. The summed E-state index contributed by atoms with van der Waals surface area (Å²) in [4.78, 5) is 15.9. The lowest BCUT2D eigenvalue weighted by Gasteiger charge is -2.10. The number of nitrogens with zero attached hydrogens (tertiary/aromatic N) is 2. The molecule has 0 unspecified atom stereocenters. The van der Waals surface area contributed by atoms with Crippen LogP contribution in [0.3, 0.4) is 0 Å². The van der Waals surface area contributed by atoms with Crippen molar-refractivity contribution in [3.05, 3.63) is 58.0 Å². The summed E-state index contributed by atoms with van der Waals surface area (Å²) in [7, 11) is 0. The molecule has 1 aromatic carbocycles. The second-order valence-electron chi connectivity index (χ2n) is 5.45. The van der Waals surface area contributed by atoms with Crippen LogP contribution in [0.5, 0.6) is 0 Å². The number of H-pyrrole nitrogens is 1. The molecular weight excluding hydrogens is 350 g/mol. The van der Waals surface area contributed by atoms with E-state index in [0.717, 1.165) is 12.3 Å². The average Bonchev–Trinajstić information content (AvgIpc) is 2.95. The average molecular weight is 363 g/mol. The Morgan fingerprint density at radius 2 is 2.12 bits per heavy atom. The van der Waals surface area contributed by atoms with E-state index in [-0.39, 0.29) is 11.3 Å². The standard InChI is InChI=1S/C17H13ClF2N4O/c1-8-13(20)7-21-9(2)15(8)22-17(25)12(19)5-10-3-4-11-14(6-10)23-24-16(11)18/h3-7H,1-2H3,(H,22,25)(H,23,24)/b12-5-. The van der Waals surface area contributed by atoms with Crippen molar-refractivity contribution in [3.8, 4) is 0 Å². The highest BCUT2D eigenvalue weighted by atomic mass is 35.5. The number of halogens is 3. The van der Waals surface area contributed by atoms with Crippen LogP contribution in [0, 0.1) is 19.7 Å². The number of hydrogen-bond donors (Lipinski definition) is 2. The van der Waals surface area contributed by atoms with E-state index in [4.69, 9.17) is 11.6 Å². The fourth-order valence-electron chi connectivity index (χ4n) is 2.36. The van der Waals surface area contributed by atoms with Gasteiger partial charge in [-0.2, -0.15) is 5.10 Å². The molecule has 0 fully saturated rings. The second-order valence-corrected chi connectivity index (χ2v) is 5.83. The summed E-state index contributed by atoms with van der Waals surface area (Å²) in [6.45, 7) is 3.08. The van der Waals surface area contributed by atoms with E-state index >= 15 is 0 Å². The van der Waals surface area contributed by atoms with E-state index in [2.05, 4.69) is 20.5 Å². The first-order chi connectivity index (χ1) is 11.9. The number of hydrogen-bond acceptors (Lipinski definition) is 3. The molecule has 8 heteroatoms. The molecule has 0 aliphatic carbocycles. The zero-order chi connectivity index (χ0) is 18.1. The summed E-state index contributed by atoms with van der Waals surface area (Å²) in [5.74, 6) is -2.59. The molecule has 0 bridgehead atoms. The second kappa shape index (κ2) is 6.60. The summed E-state index contributed by atoms with van der Waals surface area (Å²) >= 11 is 5.91. The van der Waals surface area contributed by atoms with Gasteiger partial charge in [0.1, 0.15) is 11.0 Å². The number of carbonyl (C=O) groups is 1. The lowest BCUT2D eigenvalue weighted by Crippen LogP contribution is -2.15. The summed E-state index contributed by atoms with van der Waals surface area (Å²) < 4.78 is 27.8. The van der Waals surface area contributed by atoms with E-state index in [1.165, 1.54) is 6.92 Å². The highest BCUT2D eigenvalue weighted by Gasteiger charge is 2.15. The van der Waals surface area contributed by atoms with Gasteiger partial charge in [-0.1, -0.05) is 17.7 Å². The van der Waals surface area contributed by atoms with Gasteiger partial charge in [0.05, 0.1) is 23.1 Å². The Kier molecular flexibility index (Phi) is 4.50. The molecule has 0 spiro atoms. The van der Waals surface area contributed by atoms with Gasteiger partial charge in [0, 0.05) is 10.9 Å². The SMILES string of the molecule is Cc1ncc(F)c(C)c1NC(=O)/C(F)=C/c1ccc2c(Cl)[nH]nc2c1. The van der Waals surface area contributed by atoms with E-state index in [0.29, 0.717) is 27.3 Å². The normalized spacial score (nSPS) is 11.8. The Morgan fingerprint density at radius 3 is 2.88 bits per heavy atom. The summed E-state index contributed by atoms with van der Waals surface area (Å²) in [5, 5.41) is 10.0. The maximum atomic E-state index is 14.2. The van der Waals surface area contributed by atoms with Crippen LogP contribution in [0.25, 0.3) is 17.0 Å². The first kappa shape index (κ1) is 17.0. The number of amides is 1. The van der Waals surface area contributed by atoms with Gasteiger partial charge in [-0.15, -0.1) is 0 Å². The number of fused-ring (bicyclic) bond motifs is 1. The summed E-state index contributed by atoms with van der Waals surface area (Å²) in [5.41, 5.74) is 1.74. The Balaban J connectivity index is 1.86. The van der Waals surface area contributed by atoms with Crippen molar-refractivity contribution in [1.82, 2.24) is 15.2 Å². The predicted molar refractivity (Wildman–Crippen MR) is 92.5 cm³/mol. The van der Waals surface area contributed by atoms with Gasteiger partial charge >= 0.3 is 0 Å². The van der Waals surface area contributed by atoms with Crippen molar-refractivity contribution >= 4 is 40.2 Å². The molecule has 1 amide bonds. The molecule has 0 aliphatic rings. The van der Waals surface area contributed by atoms with Crippen LogP contribution in [0.2, 0.25) is 5.15 Å². The number of aromatic amines is 1. The molecule has 3 rings (SSSR count). The van der Waals surface area contributed by atoms with Crippen LogP contribution < -0.4 is 5.32 Å². The van der Waals surface area contributed by atoms with Crippen molar-refractivity contribution in [2.24, 2.45) is 0 Å². The maximum absolute atomic E-state index is 14.2. The molecule has 0 saturated heterocycles. The number of rotatable bonds is 3. The lowest BCUT2D eigenvalue weighted by atomic mass is 10.1. The van der Waals surface area contributed by atoms with Gasteiger partial charge in [0.15, 0.2) is 5.83 Å². The zero-order valence-corrected chi connectivity index (χ0v) is 14.1. The third-order valence-corrected chi connectivity index (χ3v) is 4.04. The first-order valence-corrected chi connectivity index (χ1v) is 7.68. The molecule has 128 valence electrons. The molecular formula is C17H13ClF2N4O. The van der Waals surface area contributed by atoms with Crippen LogP contribution in [0.15, 0.2) is 30.2 Å². The molecule has 2 heterocycles. The topological polar surface area (TPSA) is 70.7 Å². The molecule has 0 atom stereocenters. The minimum Gasteiger partial charge on any atom is -0.318 e. The van der Waals surface area contributed by atoms with Crippen molar-refractivity contribution in [2.75, 3.05) is 5.32 Å². The third-order valence-electron chi connectivity index (χ3n) is 3.75. The minimum atomic E-state index is -1.02. The third kappa shape index (κ3) is 3.36. The van der Waals surface area contributed by atoms with Crippen LogP contribution in [-0.4, -0.2) is 21.1 Å². The molecule has 3 aromatic rings. The van der Waals surface area contributed by atoms with Crippen molar-refractivity contribution in [3.63, 3.8) is 0 Å². The quantitative estimate of drug-likeness (QED) is 0.682. The number of aromatic nitrogens is 3. The van der Waals surface area contributed by atoms with Crippen LogP contribution >= 0.6 is 11.6 Å². The lowest BCUT2D eigenvalue weighted by molar-refractivity contribution is -0.114. The van der Waals surface area contributed by atoms with Gasteiger partial charge in [-0.25, -0.2) is 8.78 Å². The number of nitrogens with one attached hydrogen (secondary N) is 2. The zero-order valence-electron chi connectivity index (χ0n) is 13.3. The number of aryl methyl sites for hydroxylation is 1. The van der Waals surface area contributed by atoms with E-state index in [9.17, 15) is 13.6 Å². The van der Waals surface area contributed by atoms with Crippen LogP contribution in [0.1, 0.15) is 16.8 Å². The van der Waals surface area contributed by atoms with E-state index < -0.39 is 17.6 Å². The van der Waals surface area contributed by atoms with Crippen LogP contribution in [0.4, 0.5) is 14.5 Å². The largest absolute Gasteiger partial charge is 0.318 e. The van der Waals surface area contributed by atoms with Crippen molar-refractivity contribution < 1.29 is 13.6 Å². The first-order valence-electron chi connectivity index (χ1n) is 7.30. The Labute approximate surface area is 146 Å². The number of pyridine rings is 1. The Hall–Kier alpha value is -2.80. The molecule has 0 aliphatic heterocycles. The van der Waals surface area contributed by atoms with Gasteiger partial charge < -0.3 is 5.32 Å². The molecule has 25 heavy (non-hydrogen) atoms. The van der Waals surface area contributed by atoms with Gasteiger partial charge in [-0.3, -0.25) is 14.9 Å². The van der Waals surface area contributed by atoms with Crippen molar-refractivity contribution in [1.29, 1.82) is 0 Å². The van der Waals surface area contributed by atoms with Crippen molar-refractivity contribution in [2.45, 2.75) is 13.8 Å². The smallest absolute Gasteiger partial charge is 0.284 e. The molecule has 5 nitrogen and oxygen atoms in total. The fraction of sp³-hybridized carbons (Fsp3) is 0.118. The number of anilines is 1. The maximum Gasteiger partial charge on any atom is 0.284 e. The highest BCUT2D eigenvalue weighted by molar-refractivity contribution is 6.34. The van der Waals surface area contributed by atoms with Crippen LogP contribution in [-0.2, 0) is 4.79 Å². The minimum absolute atomic E-state index is 0.156. The Morgan fingerprint density at radius 1 is 1.36 bits per heavy atom.